The molecule has 3 aromatic heterocycles. The van der Waals surface area contributed by atoms with Crippen molar-refractivity contribution >= 4 is 33.8 Å². The second-order valence-electron chi connectivity index (χ2n) is 14.9. The summed E-state index contributed by atoms with van der Waals surface area (Å²) in [6.45, 7) is 0.160. The van der Waals surface area contributed by atoms with Gasteiger partial charge in [0, 0.05) is 28.2 Å². The Bertz CT molecular complexity index is 2960. The zero-order valence-corrected chi connectivity index (χ0v) is 31.5. The lowest BCUT2D eigenvalue weighted by Gasteiger charge is -2.15. The summed E-state index contributed by atoms with van der Waals surface area (Å²) in [5, 5.41) is 58.7. The lowest BCUT2D eigenvalue weighted by atomic mass is 9.98. The van der Waals surface area contributed by atoms with Crippen LogP contribution in [0.2, 0.25) is 0 Å². The number of benzene rings is 4. The first-order valence-corrected chi connectivity index (χ1v) is 19.3. The molecule has 8 bridgehead atoms. The molecular weight excluding hydrogens is 747 g/mol. The van der Waals surface area contributed by atoms with E-state index >= 15 is 0 Å². The first kappa shape index (κ1) is 35.7. The molecule has 0 spiro atoms. The summed E-state index contributed by atoms with van der Waals surface area (Å²) in [6.07, 6.45) is 0.916. The van der Waals surface area contributed by atoms with Crippen molar-refractivity contribution in [2.75, 3.05) is 11.9 Å². The predicted octanol–water partition coefficient (Wildman–Crippen LogP) is 9.11. The highest BCUT2D eigenvalue weighted by molar-refractivity contribution is 5.95. The predicted molar refractivity (Wildman–Crippen MR) is 224 cm³/mol. The summed E-state index contributed by atoms with van der Waals surface area (Å²) in [6, 6.07) is 33.4. The number of aryl methyl sites for hydroxylation is 4. The number of hydrogen-bond donors (Lipinski definition) is 8. The number of fused-ring (bicyclic) bond motifs is 11. The van der Waals surface area contributed by atoms with Gasteiger partial charge in [0.2, 0.25) is 0 Å². The van der Waals surface area contributed by atoms with Crippen LogP contribution in [-0.4, -0.2) is 58.2 Å². The maximum Gasteiger partial charge on any atom is 0.411 e. The molecular formula is C47H37N5O7. The number of carbonyl (C=O) groups is 1. The number of phenolic OH excluding ortho intramolecular Hbond substituents is 1. The molecule has 1 aliphatic carbocycles. The van der Waals surface area contributed by atoms with Crippen LogP contribution in [0.25, 0.3) is 55.4 Å². The Hall–Kier alpha value is -7.73. The number of H-pyrrole nitrogens is 2. The average Bonchev–Trinajstić information content (AvgIpc) is 4.11. The number of ether oxygens (including phenoxy) is 1. The Morgan fingerprint density at radius 1 is 0.576 bits per heavy atom. The minimum absolute atomic E-state index is 0.0452. The molecule has 5 heterocycles. The lowest BCUT2D eigenvalue weighted by molar-refractivity contribution is 0.158. The van der Waals surface area contributed by atoms with Gasteiger partial charge in [-0.2, -0.15) is 0 Å². The van der Waals surface area contributed by atoms with E-state index in [1.807, 2.05) is 30.3 Å². The summed E-state index contributed by atoms with van der Waals surface area (Å²) < 4.78 is 5.76. The standard InChI is InChI=1S/C47H37N5O7/c53-27-15-11-24(12-16-27)39-33-17-20-36(49-33)43(54)37-21-19-35(51-37)40(41-45(56)46(57)42(52-41)44(55)38-22-18-34(39)50-38)25-9-13-26(14-10-25)48-47(58)59-23-32-30-7-3-1-5-28(30)29-6-2-4-8-31(29)32/h1-17,20,32,49,52-57H,18-19,21-23H2,(H,48,58). The Balaban J connectivity index is 1.04. The van der Waals surface area contributed by atoms with Crippen LogP contribution in [-0.2, 0) is 30.4 Å². The third-order valence-electron chi connectivity index (χ3n) is 11.4. The molecule has 0 radical (unpaired) electrons. The number of carbonyl (C=O) groups excluding carboxylic acids is 1. The van der Waals surface area contributed by atoms with Crippen LogP contribution in [0.4, 0.5) is 10.5 Å². The number of aromatic hydroxyl groups is 5. The van der Waals surface area contributed by atoms with E-state index in [1.165, 1.54) is 0 Å². The van der Waals surface area contributed by atoms with E-state index in [9.17, 15) is 30.3 Å². The molecule has 4 aromatic carbocycles. The molecule has 7 aromatic rings. The molecule has 12 heteroatoms. The van der Waals surface area contributed by atoms with Gasteiger partial charge in [0.25, 0.3) is 0 Å². The van der Waals surface area contributed by atoms with Crippen LogP contribution >= 0.6 is 0 Å². The second kappa shape index (κ2) is 14.0. The highest BCUT2D eigenvalue weighted by Crippen LogP contribution is 2.46. The van der Waals surface area contributed by atoms with Gasteiger partial charge < -0.3 is 40.2 Å². The van der Waals surface area contributed by atoms with Crippen molar-refractivity contribution in [1.29, 1.82) is 0 Å². The number of aromatic nitrogens is 4. The van der Waals surface area contributed by atoms with Gasteiger partial charge in [-0.15, -0.1) is 0 Å². The number of anilines is 1. The van der Waals surface area contributed by atoms with Crippen LogP contribution < -0.4 is 5.32 Å². The number of nitrogens with one attached hydrogen (secondary N) is 3. The normalized spacial score (nSPS) is 13.2. The molecule has 0 atom stereocenters. The minimum atomic E-state index is -0.611. The molecule has 0 saturated carbocycles. The zero-order valence-electron chi connectivity index (χ0n) is 31.5. The van der Waals surface area contributed by atoms with Crippen molar-refractivity contribution in [3.63, 3.8) is 0 Å². The van der Waals surface area contributed by atoms with Crippen molar-refractivity contribution in [1.82, 2.24) is 19.9 Å². The molecule has 0 saturated heterocycles. The monoisotopic (exact) mass is 783 g/mol. The maximum absolute atomic E-state index is 13.1. The Kier molecular flexibility index (Phi) is 8.48. The van der Waals surface area contributed by atoms with E-state index < -0.39 is 17.6 Å². The van der Waals surface area contributed by atoms with Crippen LogP contribution in [0.3, 0.4) is 0 Å². The van der Waals surface area contributed by atoms with E-state index in [-0.39, 0.29) is 40.8 Å². The number of amides is 1. The van der Waals surface area contributed by atoms with E-state index in [4.69, 9.17) is 14.7 Å². The number of rotatable bonds is 5. The SMILES string of the molecule is O=C(Nc1ccc(-c2c3nc(c(O)c4ccc([nH]4)c(-c4ccc(O)cc4)c4nc(c(O)c5[nH]c2c(O)c5O)CC4)CC3)cc1)OCC1c2ccccc2-c2ccccc21. The first-order valence-electron chi connectivity index (χ1n) is 19.3. The van der Waals surface area contributed by atoms with Crippen molar-refractivity contribution in [2.45, 2.75) is 31.6 Å². The second-order valence-corrected chi connectivity index (χ2v) is 14.9. The van der Waals surface area contributed by atoms with Gasteiger partial charge in [0.15, 0.2) is 23.0 Å². The van der Waals surface area contributed by atoms with Crippen molar-refractivity contribution in [3.8, 4) is 62.1 Å². The van der Waals surface area contributed by atoms with Gasteiger partial charge >= 0.3 is 6.09 Å². The fourth-order valence-electron chi connectivity index (χ4n) is 8.57. The molecule has 8 N–H and O–H groups in total. The molecule has 1 amide bonds. The molecule has 12 nitrogen and oxygen atoms in total. The number of hydrogen-bond acceptors (Lipinski definition) is 9. The third kappa shape index (κ3) is 6.13. The summed E-state index contributed by atoms with van der Waals surface area (Å²) in [7, 11) is 0. The van der Waals surface area contributed by atoms with E-state index in [1.54, 1.807) is 54.6 Å². The smallest absolute Gasteiger partial charge is 0.411 e. The fourth-order valence-corrected chi connectivity index (χ4v) is 8.57. The first-order chi connectivity index (χ1) is 28.7. The summed E-state index contributed by atoms with van der Waals surface area (Å²) in [4.78, 5) is 29.2. The van der Waals surface area contributed by atoms with Crippen LogP contribution in [0.5, 0.6) is 28.7 Å². The highest BCUT2D eigenvalue weighted by Gasteiger charge is 2.29. The Labute approximate surface area is 336 Å². The Morgan fingerprint density at radius 2 is 1.12 bits per heavy atom. The summed E-state index contributed by atoms with van der Waals surface area (Å²) in [5.74, 6) is -1.41. The fraction of sp³-hybridized carbons (Fsp3) is 0.128. The summed E-state index contributed by atoms with van der Waals surface area (Å²) in [5.41, 5.74) is 10.4. The van der Waals surface area contributed by atoms with Crippen molar-refractivity contribution in [2.24, 2.45) is 0 Å². The topological polar surface area (TPSA) is 197 Å². The molecule has 2 aliphatic heterocycles. The quantitative estimate of drug-likeness (QED) is 0.0839. The maximum atomic E-state index is 13.1. The Morgan fingerprint density at radius 3 is 1.80 bits per heavy atom. The largest absolute Gasteiger partial charge is 0.508 e. The molecule has 0 unspecified atom stereocenters. The zero-order chi connectivity index (χ0) is 40.4. The minimum Gasteiger partial charge on any atom is -0.508 e. The van der Waals surface area contributed by atoms with Gasteiger partial charge in [-0.05, 0) is 95.5 Å². The molecule has 0 fully saturated rings. The van der Waals surface area contributed by atoms with E-state index in [0.29, 0.717) is 81.9 Å². The number of aromatic amines is 2. The summed E-state index contributed by atoms with van der Waals surface area (Å²) >= 11 is 0. The molecule has 292 valence electrons. The number of nitrogens with zero attached hydrogens (tertiary/aromatic N) is 2. The third-order valence-corrected chi connectivity index (χ3v) is 11.4. The van der Waals surface area contributed by atoms with Gasteiger partial charge in [-0.3, -0.25) is 15.3 Å². The van der Waals surface area contributed by atoms with Crippen molar-refractivity contribution in [3.05, 3.63) is 143 Å². The highest BCUT2D eigenvalue weighted by atomic mass is 16.5. The van der Waals surface area contributed by atoms with E-state index in [2.05, 4.69) is 39.6 Å². The molecule has 3 aliphatic rings. The average molecular weight is 784 g/mol. The molecule has 10 rings (SSSR count). The molecule has 59 heavy (non-hydrogen) atoms. The van der Waals surface area contributed by atoms with Gasteiger partial charge in [-0.25, -0.2) is 4.79 Å². The lowest BCUT2D eigenvalue weighted by Crippen LogP contribution is -2.17. The van der Waals surface area contributed by atoms with Gasteiger partial charge in [0.1, 0.15) is 17.9 Å². The van der Waals surface area contributed by atoms with Crippen LogP contribution in [0, 0.1) is 0 Å². The van der Waals surface area contributed by atoms with Gasteiger partial charge in [-0.1, -0.05) is 72.8 Å². The van der Waals surface area contributed by atoms with Gasteiger partial charge in [0.05, 0.1) is 33.8 Å². The van der Waals surface area contributed by atoms with E-state index in [0.717, 1.165) is 27.8 Å². The van der Waals surface area contributed by atoms with Crippen molar-refractivity contribution < 1.29 is 35.1 Å². The number of phenols is 1. The van der Waals surface area contributed by atoms with Crippen LogP contribution in [0.15, 0.2) is 109 Å². The van der Waals surface area contributed by atoms with Crippen LogP contribution in [0.1, 0.15) is 39.8 Å².